The van der Waals surface area contributed by atoms with Gasteiger partial charge in [-0.2, -0.15) is 0 Å². The molecule has 0 radical (unpaired) electrons. The van der Waals surface area contributed by atoms with Gasteiger partial charge < -0.3 is 0 Å². The van der Waals surface area contributed by atoms with Crippen LogP contribution in [0.3, 0.4) is 0 Å². The molecule has 0 spiro atoms. The normalized spacial score (nSPS) is 39.8. The van der Waals surface area contributed by atoms with E-state index in [4.69, 9.17) is 0 Å². The van der Waals surface area contributed by atoms with E-state index in [0.29, 0.717) is 27.4 Å². The van der Waals surface area contributed by atoms with E-state index in [1.165, 1.54) is 77.0 Å². The Morgan fingerprint density at radius 1 is 0.842 bits per heavy atom. The Morgan fingerprint density at radius 3 is 2.29 bits per heavy atom. The second-order valence-electron chi connectivity index (χ2n) is 15.2. The third kappa shape index (κ3) is 5.40. The van der Waals surface area contributed by atoms with Crippen molar-refractivity contribution >= 4 is 9.84 Å². The van der Waals surface area contributed by atoms with Gasteiger partial charge in [-0.05, 0) is 135 Å². The van der Waals surface area contributed by atoms with Gasteiger partial charge in [0.2, 0.25) is 0 Å². The van der Waals surface area contributed by atoms with E-state index < -0.39 is 9.84 Å². The van der Waals surface area contributed by atoms with Crippen LogP contribution in [0.5, 0.6) is 0 Å². The summed E-state index contributed by atoms with van der Waals surface area (Å²) >= 11 is 0. The average Bonchev–Trinajstić information content (AvgIpc) is 3.25. The van der Waals surface area contributed by atoms with Crippen LogP contribution in [0.2, 0.25) is 0 Å². The Morgan fingerprint density at radius 2 is 1.55 bits per heavy atom. The fraction of sp³-hybridized carbons (Fsp3) is 0.829. The molecule has 4 saturated carbocycles. The van der Waals surface area contributed by atoms with Crippen molar-refractivity contribution < 1.29 is 8.42 Å². The van der Waals surface area contributed by atoms with Crippen molar-refractivity contribution in [3.8, 4) is 0 Å². The quantitative estimate of drug-likeness (QED) is 0.312. The fourth-order valence-electron chi connectivity index (χ4n) is 10.7. The molecule has 0 heterocycles. The zero-order chi connectivity index (χ0) is 27.1. The van der Waals surface area contributed by atoms with Crippen LogP contribution in [0.4, 0.5) is 0 Å². The minimum Gasteiger partial charge on any atom is -0.224 e. The van der Waals surface area contributed by atoms with Gasteiger partial charge in [0.05, 0.1) is 10.6 Å². The minimum atomic E-state index is -3.16. The summed E-state index contributed by atoms with van der Waals surface area (Å²) in [5, 5.41) is 0. The Kier molecular flexibility index (Phi) is 8.46. The van der Waals surface area contributed by atoms with Crippen molar-refractivity contribution in [2.45, 2.75) is 123 Å². The molecule has 38 heavy (non-hydrogen) atoms. The largest absolute Gasteiger partial charge is 0.224 e. The molecule has 0 N–H and O–H groups in total. The number of hydrogen-bond donors (Lipinski definition) is 0. The van der Waals surface area contributed by atoms with E-state index in [1.807, 2.05) is 18.2 Å². The van der Waals surface area contributed by atoms with Crippen molar-refractivity contribution in [2.75, 3.05) is 5.75 Å². The van der Waals surface area contributed by atoms with Crippen LogP contribution in [0.1, 0.15) is 118 Å². The molecule has 2 nitrogen and oxygen atoms in total. The van der Waals surface area contributed by atoms with Crippen LogP contribution >= 0.6 is 0 Å². The number of fused-ring (bicyclic) bond motifs is 5. The zero-order valence-electron chi connectivity index (χ0n) is 25.1. The lowest BCUT2D eigenvalue weighted by atomic mass is 9.44. The molecule has 9 atom stereocenters. The molecule has 4 fully saturated rings. The summed E-state index contributed by atoms with van der Waals surface area (Å²) < 4.78 is 25.8. The third-order valence-corrected chi connectivity index (χ3v) is 14.6. The van der Waals surface area contributed by atoms with Gasteiger partial charge in [-0.3, -0.25) is 0 Å². The smallest absolute Gasteiger partial charge is 0.178 e. The lowest BCUT2D eigenvalue weighted by Gasteiger charge is -2.61. The molecule has 0 saturated heterocycles. The van der Waals surface area contributed by atoms with Crippen molar-refractivity contribution in [3.63, 3.8) is 0 Å². The van der Waals surface area contributed by atoms with Gasteiger partial charge in [-0.1, -0.05) is 72.1 Å². The molecule has 4 aliphatic rings. The number of rotatable bonds is 9. The van der Waals surface area contributed by atoms with Gasteiger partial charge in [0.15, 0.2) is 9.84 Å². The summed E-state index contributed by atoms with van der Waals surface area (Å²) in [6.07, 6.45) is 17.6. The number of hydrogen-bond acceptors (Lipinski definition) is 2. The van der Waals surface area contributed by atoms with E-state index in [1.54, 1.807) is 12.1 Å². The van der Waals surface area contributed by atoms with Crippen LogP contribution < -0.4 is 0 Å². The van der Waals surface area contributed by atoms with Crippen molar-refractivity contribution in [2.24, 2.45) is 58.2 Å². The first-order chi connectivity index (χ1) is 18.0. The second kappa shape index (κ2) is 11.2. The maximum atomic E-state index is 12.9. The first kappa shape index (κ1) is 28.7. The molecule has 0 bridgehead atoms. The lowest BCUT2D eigenvalue weighted by Crippen LogP contribution is -2.53. The molecular formula is C35H56O2S. The summed E-state index contributed by atoms with van der Waals surface area (Å²) in [6.45, 7) is 12.7. The maximum Gasteiger partial charge on any atom is 0.178 e. The highest BCUT2D eigenvalue weighted by atomic mass is 32.2. The Labute approximate surface area is 235 Å². The van der Waals surface area contributed by atoms with E-state index in [2.05, 4.69) is 34.6 Å². The van der Waals surface area contributed by atoms with E-state index in [9.17, 15) is 8.42 Å². The SMILES string of the molecule is CC(C)CCC[C@@H](C)[C@H]1CC[C@H]2[C@@H]3CCC4CC(CCS(=O)(=O)c5ccccc5)CC[C@]4(C)[C@H]3CC[C@]12C. The van der Waals surface area contributed by atoms with Crippen LogP contribution in [-0.4, -0.2) is 14.2 Å². The van der Waals surface area contributed by atoms with Crippen molar-refractivity contribution in [3.05, 3.63) is 30.3 Å². The Bertz CT molecular complexity index is 1030. The Balaban J connectivity index is 1.20. The maximum absolute atomic E-state index is 12.9. The number of sulfone groups is 1. The van der Waals surface area contributed by atoms with E-state index in [-0.39, 0.29) is 0 Å². The van der Waals surface area contributed by atoms with Gasteiger partial charge in [0, 0.05) is 0 Å². The first-order valence-corrected chi connectivity index (χ1v) is 18.0. The van der Waals surface area contributed by atoms with Gasteiger partial charge >= 0.3 is 0 Å². The molecule has 4 aliphatic carbocycles. The molecule has 214 valence electrons. The molecule has 3 heteroatoms. The molecular weight excluding hydrogens is 484 g/mol. The van der Waals surface area contributed by atoms with Crippen LogP contribution in [0.15, 0.2) is 35.2 Å². The van der Waals surface area contributed by atoms with Crippen molar-refractivity contribution in [1.82, 2.24) is 0 Å². The summed E-state index contributed by atoms with van der Waals surface area (Å²) in [4.78, 5) is 0.496. The fourth-order valence-corrected chi connectivity index (χ4v) is 12.2. The van der Waals surface area contributed by atoms with Crippen LogP contribution in [0, 0.1) is 58.2 Å². The predicted octanol–water partition coefficient (Wildman–Crippen LogP) is 9.59. The standard InChI is InChI=1S/C35H56O2S/c1-25(2)10-9-11-26(3)31-16-17-32-30-15-14-28-24-27(20-23-38(36,37)29-12-7-6-8-13-29)18-21-34(28,4)33(30)19-22-35(31,32)5/h6-8,12-13,25-28,30-33H,9-11,14-24H2,1-5H3/t26-,27?,28?,30+,31-,32+,33+,34+,35-/m1/s1. The monoisotopic (exact) mass is 540 g/mol. The van der Waals surface area contributed by atoms with E-state index in [0.717, 1.165) is 47.8 Å². The second-order valence-corrected chi connectivity index (χ2v) is 17.4. The molecule has 1 aromatic carbocycles. The van der Waals surface area contributed by atoms with Crippen LogP contribution in [-0.2, 0) is 9.84 Å². The minimum absolute atomic E-state index is 0.314. The van der Waals surface area contributed by atoms with E-state index >= 15 is 0 Å². The zero-order valence-corrected chi connectivity index (χ0v) is 25.9. The highest BCUT2D eigenvalue weighted by molar-refractivity contribution is 7.91. The van der Waals surface area contributed by atoms with Gasteiger partial charge in [0.25, 0.3) is 0 Å². The van der Waals surface area contributed by atoms with Crippen molar-refractivity contribution in [1.29, 1.82) is 0 Å². The molecule has 5 rings (SSSR count). The number of benzene rings is 1. The van der Waals surface area contributed by atoms with Gasteiger partial charge in [-0.15, -0.1) is 0 Å². The summed E-state index contributed by atoms with van der Waals surface area (Å²) in [7, 11) is -3.16. The van der Waals surface area contributed by atoms with Gasteiger partial charge in [-0.25, -0.2) is 8.42 Å². The summed E-state index contributed by atoms with van der Waals surface area (Å²) in [6, 6.07) is 9.08. The lowest BCUT2D eigenvalue weighted by molar-refractivity contribution is -0.121. The molecule has 0 aromatic heterocycles. The van der Waals surface area contributed by atoms with Gasteiger partial charge in [0.1, 0.15) is 0 Å². The molecule has 2 unspecified atom stereocenters. The molecule has 0 amide bonds. The predicted molar refractivity (Wildman–Crippen MR) is 160 cm³/mol. The Hall–Kier alpha value is -0.830. The summed E-state index contributed by atoms with van der Waals surface area (Å²) in [5.41, 5.74) is 1.06. The van der Waals surface area contributed by atoms with Crippen LogP contribution in [0.25, 0.3) is 0 Å². The molecule has 0 aliphatic heterocycles. The first-order valence-electron chi connectivity index (χ1n) is 16.3. The molecule has 1 aromatic rings. The summed E-state index contributed by atoms with van der Waals surface area (Å²) in [5.74, 6) is 7.16. The third-order valence-electron chi connectivity index (χ3n) is 12.9. The highest BCUT2D eigenvalue weighted by Crippen LogP contribution is 2.68. The average molecular weight is 541 g/mol. The topological polar surface area (TPSA) is 34.1 Å². The highest BCUT2D eigenvalue weighted by Gasteiger charge is 2.60.